The predicted octanol–water partition coefficient (Wildman–Crippen LogP) is 3.84. The molecule has 1 amide bonds. The maximum Gasteiger partial charge on any atom is 0.224 e. The second-order valence-electron chi connectivity index (χ2n) is 4.48. The number of nitrogens with one attached hydrogen (secondary N) is 2. The second-order valence-corrected chi connectivity index (χ2v) is 4.48. The van der Waals surface area contributed by atoms with Crippen molar-refractivity contribution in [3.8, 4) is 0 Å². The molecule has 0 aliphatic carbocycles. The first kappa shape index (κ1) is 14.9. The third-order valence-corrected chi connectivity index (χ3v) is 2.72. The molecule has 21 heavy (non-hydrogen) atoms. The average molecular weight is 291 g/mol. The van der Waals surface area contributed by atoms with Gasteiger partial charge in [-0.2, -0.15) is 0 Å². The molecule has 0 fully saturated rings. The van der Waals surface area contributed by atoms with Crippen molar-refractivity contribution in [2.75, 3.05) is 10.6 Å². The van der Waals surface area contributed by atoms with E-state index in [1.54, 1.807) is 12.1 Å². The van der Waals surface area contributed by atoms with E-state index >= 15 is 0 Å². The quantitative estimate of drug-likeness (QED) is 0.880. The molecule has 0 atom stereocenters. The van der Waals surface area contributed by atoms with E-state index < -0.39 is 11.6 Å². The van der Waals surface area contributed by atoms with Crippen molar-refractivity contribution in [2.45, 2.75) is 19.8 Å². The highest BCUT2D eigenvalue weighted by molar-refractivity contribution is 5.90. The monoisotopic (exact) mass is 291 g/mol. The molecule has 2 aromatic rings. The van der Waals surface area contributed by atoms with Gasteiger partial charge in [0, 0.05) is 18.2 Å². The highest BCUT2D eigenvalue weighted by Crippen LogP contribution is 2.18. The molecule has 110 valence electrons. The van der Waals surface area contributed by atoms with E-state index in [2.05, 4.69) is 15.6 Å². The Bertz CT molecular complexity index is 629. The number of halogens is 2. The summed E-state index contributed by atoms with van der Waals surface area (Å²) < 4.78 is 25.9. The Kier molecular flexibility index (Phi) is 4.81. The number of carbonyl (C=O) groups excluding carboxylic acids is 1. The zero-order valence-corrected chi connectivity index (χ0v) is 11.5. The van der Waals surface area contributed by atoms with Crippen LogP contribution in [0.3, 0.4) is 0 Å². The number of benzene rings is 1. The van der Waals surface area contributed by atoms with Gasteiger partial charge in [-0.15, -0.1) is 0 Å². The Morgan fingerprint density at radius 1 is 1.14 bits per heavy atom. The number of nitrogens with zero attached hydrogens (tertiary/aromatic N) is 1. The fraction of sp³-hybridized carbons (Fsp3) is 0.200. The highest BCUT2D eigenvalue weighted by atomic mass is 19.2. The van der Waals surface area contributed by atoms with Gasteiger partial charge in [0.15, 0.2) is 11.6 Å². The van der Waals surface area contributed by atoms with Gasteiger partial charge < -0.3 is 10.6 Å². The summed E-state index contributed by atoms with van der Waals surface area (Å²) in [4.78, 5) is 15.5. The zero-order chi connectivity index (χ0) is 15.2. The van der Waals surface area contributed by atoms with Crippen LogP contribution in [-0.2, 0) is 4.79 Å². The Labute approximate surface area is 121 Å². The lowest BCUT2D eigenvalue weighted by Gasteiger charge is -2.08. The lowest BCUT2D eigenvalue weighted by molar-refractivity contribution is -0.116. The molecule has 0 aliphatic heterocycles. The molecule has 0 saturated carbocycles. The molecule has 1 aromatic carbocycles. The van der Waals surface area contributed by atoms with Gasteiger partial charge in [-0.3, -0.25) is 4.79 Å². The standard InChI is InChI=1S/C15H15F2N3O/c1-2-3-15(21)20-11-5-7-14(18-9-11)19-10-4-6-12(16)13(17)8-10/h4-9H,2-3H2,1H3,(H,18,19)(H,20,21). The van der Waals surface area contributed by atoms with Crippen LogP contribution < -0.4 is 10.6 Å². The van der Waals surface area contributed by atoms with E-state index in [1.807, 2.05) is 6.92 Å². The summed E-state index contributed by atoms with van der Waals surface area (Å²) in [6.45, 7) is 1.92. The molecule has 0 spiro atoms. The van der Waals surface area contributed by atoms with Gasteiger partial charge in [-0.1, -0.05) is 6.92 Å². The van der Waals surface area contributed by atoms with Gasteiger partial charge in [0.1, 0.15) is 5.82 Å². The number of carbonyl (C=O) groups is 1. The lowest BCUT2D eigenvalue weighted by Crippen LogP contribution is -2.10. The number of hydrogen-bond acceptors (Lipinski definition) is 3. The Morgan fingerprint density at radius 3 is 2.52 bits per heavy atom. The van der Waals surface area contributed by atoms with Gasteiger partial charge in [0.25, 0.3) is 0 Å². The largest absolute Gasteiger partial charge is 0.340 e. The summed E-state index contributed by atoms with van der Waals surface area (Å²) in [6.07, 6.45) is 2.72. The highest BCUT2D eigenvalue weighted by Gasteiger charge is 2.04. The molecule has 2 rings (SSSR count). The summed E-state index contributed by atoms with van der Waals surface area (Å²) in [6, 6.07) is 6.83. The molecule has 0 radical (unpaired) electrons. The van der Waals surface area contributed by atoms with Crippen molar-refractivity contribution >= 4 is 23.1 Å². The number of anilines is 3. The van der Waals surface area contributed by atoms with E-state index in [9.17, 15) is 13.6 Å². The lowest BCUT2D eigenvalue weighted by atomic mass is 10.3. The van der Waals surface area contributed by atoms with Crippen molar-refractivity contribution in [3.05, 3.63) is 48.2 Å². The minimum atomic E-state index is -0.927. The van der Waals surface area contributed by atoms with Crippen LogP contribution in [0.1, 0.15) is 19.8 Å². The number of amides is 1. The number of pyridine rings is 1. The van der Waals surface area contributed by atoms with E-state index in [-0.39, 0.29) is 5.91 Å². The summed E-state index contributed by atoms with van der Waals surface area (Å²) in [5, 5.41) is 5.56. The van der Waals surface area contributed by atoms with Gasteiger partial charge in [0.2, 0.25) is 5.91 Å². The van der Waals surface area contributed by atoms with E-state index in [0.717, 1.165) is 18.6 Å². The zero-order valence-electron chi connectivity index (χ0n) is 11.5. The molecule has 0 unspecified atom stereocenters. The first-order valence-electron chi connectivity index (χ1n) is 6.56. The van der Waals surface area contributed by atoms with Crippen molar-refractivity contribution in [1.29, 1.82) is 0 Å². The molecule has 0 saturated heterocycles. The molecule has 1 aromatic heterocycles. The summed E-state index contributed by atoms with van der Waals surface area (Å²) in [7, 11) is 0. The number of hydrogen-bond donors (Lipinski definition) is 2. The van der Waals surface area contributed by atoms with E-state index in [0.29, 0.717) is 23.6 Å². The Morgan fingerprint density at radius 2 is 1.90 bits per heavy atom. The van der Waals surface area contributed by atoms with Crippen LogP contribution in [0.4, 0.5) is 26.0 Å². The first-order valence-corrected chi connectivity index (χ1v) is 6.56. The van der Waals surface area contributed by atoms with E-state index in [4.69, 9.17) is 0 Å². The molecule has 6 heteroatoms. The van der Waals surface area contributed by atoms with E-state index in [1.165, 1.54) is 12.3 Å². The fourth-order valence-electron chi connectivity index (χ4n) is 1.71. The Hall–Kier alpha value is -2.50. The second kappa shape index (κ2) is 6.78. The number of aromatic nitrogens is 1. The Balaban J connectivity index is 2.01. The SMILES string of the molecule is CCCC(=O)Nc1ccc(Nc2ccc(F)c(F)c2)nc1. The van der Waals surface area contributed by atoms with Crippen molar-refractivity contribution < 1.29 is 13.6 Å². The molecule has 1 heterocycles. The smallest absolute Gasteiger partial charge is 0.224 e. The predicted molar refractivity (Wildman–Crippen MR) is 77.4 cm³/mol. The van der Waals surface area contributed by atoms with Crippen molar-refractivity contribution in [1.82, 2.24) is 4.98 Å². The first-order chi connectivity index (χ1) is 10.1. The molecule has 4 nitrogen and oxygen atoms in total. The van der Waals surface area contributed by atoms with Crippen LogP contribution in [0.5, 0.6) is 0 Å². The molecular formula is C15H15F2N3O. The van der Waals surface area contributed by atoms with Crippen molar-refractivity contribution in [3.63, 3.8) is 0 Å². The van der Waals surface area contributed by atoms with Gasteiger partial charge in [-0.25, -0.2) is 13.8 Å². The average Bonchev–Trinajstić information content (AvgIpc) is 2.45. The fourth-order valence-corrected chi connectivity index (χ4v) is 1.71. The molecule has 0 bridgehead atoms. The van der Waals surface area contributed by atoms with Crippen LogP contribution in [-0.4, -0.2) is 10.9 Å². The van der Waals surface area contributed by atoms with Crippen LogP contribution in [0.15, 0.2) is 36.5 Å². The maximum atomic E-state index is 13.1. The van der Waals surface area contributed by atoms with Gasteiger partial charge in [0.05, 0.1) is 11.9 Å². The van der Waals surface area contributed by atoms with Crippen LogP contribution >= 0.6 is 0 Å². The van der Waals surface area contributed by atoms with Crippen LogP contribution in [0, 0.1) is 11.6 Å². The van der Waals surface area contributed by atoms with Crippen molar-refractivity contribution in [2.24, 2.45) is 0 Å². The summed E-state index contributed by atoms with van der Waals surface area (Å²) >= 11 is 0. The minimum Gasteiger partial charge on any atom is -0.340 e. The molecular weight excluding hydrogens is 276 g/mol. The molecule has 2 N–H and O–H groups in total. The maximum absolute atomic E-state index is 13.1. The summed E-state index contributed by atoms with van der Waals surface area (Å²) in [5.74, 6) is -1.43. The normalized spacial score (nSPS) is 10.2. The summed E-state index contributed by atoms with van der Waals surface area (Å²) in [5.41, 5.74) is 0.980. The third-order valence-electron chi connectivity index (χ3n) is 2.72. The third kappa shape index (κ3) is 4.24. The van der Waals surface area contributed by atoms with Gasteiger partial charge in [-0.05, 0) is 30.7 Å². The number of rotatable bonds is 5. The topological polar surface area (TPSA) is 54.0 Å². The molecule has 0 aliphatic rings. The van der Waals surface area contributed by atoms with Crippen LogP contribution in [0.2, 0.25) is 0 Å². The minimum absolute atomic E-state index is 0.0689. The van der Waals surface area contributed by atoms with Gasteiger partial charge >= 0.3 is 0 Å². The van der Waals surface area contributed by atoms with Crippen LogP contribution in [0.25, 0.3) is 0 Å².